The van der Waals surface area contributed by atoms with Gasteiger partial charge in [-0.3, -0.25) is 4.79 Å². The van der Waals surface area contributed by atoms with E-state index in [9.17, 15) is 4.79 Å². The zero-order valence-electron chi connectivity index (χ0n) is 12.7. The van der Waals surface area contributed by atoms with Crippen molar-refractivity contribution in [2.75, 3.05) is 0 Å². The molecule has 2 aromatic heterocycles. The molecule has 0 saturated heterocycles. The highest BCUT2D eigenvalue weighted by atomic mass is 35.5. The molecule has 2 heterocycles. The van der Waals surface area contributed by atoms with Crippen molar-refractivity contribution < 1.29 is 4.79 Å². The molecule has 1 saturated carbocycles. The van der Waals surface area contributed by atoms with Crippen molar-refractivity contribution in [3.8, 4) is 0 Å². The van der Waals surface area contributed by atoms with Crippen LogP contribution in [0.1, 0.15) is 50.6 Å². The van der Waals surface area contributed by atoms with Gasteiger partial charge >= 0.3 is 0 Å². The molecule has 0 aromatic carbocycles. The molecule has 0 radical (unpaired) electrons. The lowest BCUT2D eigenvalue weighted by Crippen LogP contribution is -2.23. The molecule has 4 nitrogen and oxygen atoms in total. The fourth-order valence-corrected chi connectivity index (χ4v) is 3.36. The summed E-state index contributed by atoms with van der Waals surface area (Å²) in [6.45, 7) is 0.475. The minimum absolute atomic E-state index is 0.126. The van der Waals surface area contributed by atoms with Crippen LogP contribution in [0.5, 0.6) is 0 Å². The molecule has 1 aliphatic carbocycles. The lowest BCUT2D eigenvalue weighted by molar-refractivity contribution is -0.121. The Morgan fingerprint density at radius 3 is 2.91 bits per heavy atom. The predicted molar refractivity (Wildman–Crippen MR) is 87.9 cm³/mol. The average molecular weight is 320 g/mol. The summed E-state index contributed by atoms with van der Waals surface area (Å²) in [7, 11) is 0. The SMILES string of the molecule is O=C(CCC1CCCCC1)NCc1cn2cc(Cl)ccc2n1. The Balaban J connectivity index is 1.47. The van der Waals surface area contributed by atoms with Crippen LogP contribution in [0.25, 0.3) is 5.65 Å². The lowest BCUT2D eigenvalue weighted by Gasteiger charge is -2.20. The number of amides is 1. The fourth-order valence-electron chi connectivity index (χ4n) is 3.19. The van der Waals surface area contributed by atoms with Crippen molar-refractivity contribution in [3.05, 3.63) is 35.2 Å². The van der Waals surface area contributed by atoms with E-state index in [1.807, 2.05) is 28.9 Å². The van der Waals surface area contributed by atoms with E-state index in [1.165, 1.54) is 32.1 Å². The van der Waals surface area contributed by atoms with Crippen molar-refractivity contribution >= 4 is 23.2 Å². The summed E-state index contributed by atoms with van der Waals surface area (Å²) in [6.07, 6.45) is 12.0. The van der Waals surface area contributed by atoms with Crippen LogP contribution in [-0.2, 0) is 11.3 Å². The largest absolute Gasteiger partial charge is 0.350 e. The molecule has 1 N–H and O–H groups in total. The smallest absolute Gasteiger partial charge is 0.220 e. The van der Waals surface area contributed by atoms with Gasteiger partial charge in [0.15, 0.2) is 0 Å². The maximum atomic E-state index is 12.0. The van der Waals surface area contributed by atoms with Gasteiger partial charge in [-0.15, -0.1) is 0 Å². The summed E-state index contributed by atoms with van der Waals surface area (Å²) < 4.78 is 1.88. The Morgan fingerprint density at radius 2 is 2.09 bits per heavy atom. The zero-order valence-corrected chi connectivity index (χ0v) is 13.5. The summed E-state index contributed by atoms with van der Waals surface area (Å²) >= 11 is 5.95. The van der Waals surface area contributed by atoms with Crippen molar-refractivity contribution in [1.82, 2.24) is 14.7 Å². The first-order valence-electron chi connectivity index (χ1n) is 8.10. The zero-order chi connectivity index (χ0) is 15.4. The molecule has 0 atom stereocenters. The maximum Gasteiger partial charge on any atom is 0.220 e. The minimum atomic E-state index is 0.126. The van der Waals surface area contributed by atoms with Gasteiger partial charge in [0.1, 0.15) is 5.65 Å². The first-order valence-corrected chi connectivity index (χ1v) is 8.48. The highest BCUT2D eigenvalue weighted by Crippen LogP contribution is 2.27. The molecule has 1 aliphatic rings. The van der Waals surface area contributed by atoms with Crippen molar-refractivity contribution in [1.29, 1.82) is 0 Å². The number of imidazole rings is 1. The highest BCUT2D eigenvalue weighted by Gasteiger charge is 2.14. The second-order valence-corrected chi connectivity index (χ2v) is 6.60. The third-order valence-electron chi connectivity index (χ3n) is 4.44. The molecular formula is C17H22ClN3O. The molecule has 0 unspecified atom stereocenters. The highest BCUT2D eigenvalue weighted by molar-refractivity contribution is 6.30. The first-order chi connectivity index (χ1) is 10.7. The monoisotopic (exact) mass is 319 g/mol. The van der Waals surface area contributed by atoms with Gasteiger partial charge in [-0.25, -0.2) is 4.98 Å². The van der Waals surface area contributed by atoms with Crippen LogP contribution in [0.15, 0.2) is 24.5 Å². The molecule has 1 amide bonds. The van der Waals surface area contributed by atoms with Gasteiger partial charge in [0.2, 0.25) is 5.91 Å². The summed E-state index contributed by atoms with van der Waals surface area (Å²) in [4.78, 5) is 16.4. The minimum Gasteiger partial charge on any atom is -0.350 e. The quantitative estimate of drug-likeness (QED) is 0.906. The van der Waals surface area contributed by atoms with Crippen LogP contribution in [0.2, 0.25) is 5.02 Å². The Morgan fingerprint density at radius 1 is 1.27 bits per heavy atom. The molecule has 5 heteroatoms. The van der Waals surface area contributed by atoms with E-state index in [4.69, 9.17) is 11.6 Å². The normalized spacial score (nSPS) is 16.0. The first kappa shape index (κ1) is 15.3. The molecule has 118 valence electrons. The van der Waals surface area contributed by atoms with Gasteiger partial charge in [-0.1, -0.05) is 43.7 Å². The van der Waals surface area contributed by atoms with E-state index in [0.717, 1.165) is 23.7 Å². The van der Waals surface area contributed by atoms with Gasteiger partial charge in [0, 0.05) is 18.8 Å². The predicted octanol–water partition coefficient (Wildman–Crippen LogP) is 3.96. The molecule has 0 bridgehead atoms. The van der Waals surface area contributed by atoms with Gasteiger partial charge in [-0.05, 0) is 24.5 Å². The summed E-state index contributed by atoms with van der Waals surface area (Å²) in [6, 6.07) is 3.69. The number of carbonyl (C=O) groups excluding carboxylic acids is 1. The topological polar surface area (TPSA) is 46.4 Å². The number of fused-ring (bicyclic) bond motifs is 1. The Hall–Kier alpha value is -1.55. The van der Waals surface area contributed by atoms with Crippen LogP contribution in [0, 0.1) is 5.92 Å². The summed E-state index contributed by atoms with van der Waals surface area (Å²) in [5.41, 5.74) is 1.70. The number of pyridine rings is 1. The van der Waals surface area contributed by atoms with Crippen molar-refractivity contribution in [2.24, 2.45) is 5.92 Å². The van der Waals surface area contributed by atoms with E-state index >= 15 is 0 Å². The summed E-state index contributed by atoms with van der Waals surface area (Å²) in [5.74, 6) is 0.873. The third-order valence-corrected chi connectivity index (χ3v) is 4.66. The van der Waals surface area contributed by atoms with E-state index in [1.54, 1.807) is 0 Å². The van der Waals surface area contributed by atoms with Crippen LogP contribution in [0.4, 0.5) is 0 Å². The molecule has 22 heavy (non-hydrogen) atoms. The van der Waals surface area contributed by atoms with Gasteiger partial charge < -0.3 is 9.72 Å². The van der Waals surface area contributed by atoms with Gasteiger partial charge in [0.05, 0.1) is 17.3 Å². The Kier molecular flexibility index (Phi) is 4.98. The molecule has 1 fully saturated rings. The third kappa shape index (κ3) is 4.01. The van der Waals surface area contributed by atoms with Crippen molar-refractivity contribution in [2.45, 2.75) is 51.5 Å². The number of nitrogens with zero attached hydrogens (tertiary/aromatic N) is 2. The second-order valence-electron chi connectivity index (χ2n) is 6.16. The number of hydrogen-bond acceptors (Lipinski definition) is 2. The molecular weight excluding hydrogens is 298 g/mol. The van der Waals surface area contributed by atoms with E-state index < -0.39 is 0 Å². The molecule has 3 rings (SSSR count). The van der Waals surface area contributed by atoms with Crippen molar-refractivity contribution in [3.63, 3.8) is 0 Å². The maximum absolute atomic E-state index is 12.0. The Labute approximate surface area is 135 Å². The van der Waals surface area contributed by atoms with Gasteiger partial charge in [0.25, 0.3) is 0 Å². The number of aromatic nitrogens is 2. The molecule has 2 aromatic rings. The van der Waals surface area contributed by atoms with E-state index in [-0.39, 0.29) is 5.91 Å². The number of nitrogens with one attached hydrogen (secondary N) is 1. The van der Waals surface area contributed by atoms with E-state index in [0.29, 0.717) is 18.0 Å². The van der Waals surface area contributed by atoms with Crippen LogP contribution in [0.3, 0.4) is 0 Å². The van der Waals surface area contributed by atoms with E-state index in [2.05, 4.69) is 10.3 Å². The lowest BCUT2D eigenvalue weighted by atomic mass is 9.86. The van der Waals surface area contributed by atoms with Crippen LogP contribution < -0.4 is 5.32 Å². The molecule has 0 aliphatic heterocycles. The number of hydrogen-bond donors (Lipinski definition) is 1. The second kappa shape index (κ2) is 7.14. The number of carbonyl (C=O) groups is 1. The summed E-state index contributed by atoms with van der Waals surface area (Å²) in [5, 5.41) is 3.64. The van der Waals surface area contributed by atoms with Crippen LogP contribution >= 0.6 is 11.6 Å². The van der Waals surface area contributed by atoms with Crippen LogP contribution in [-0.4, -0.2) is 15.3 Å². The Bertz CT molecular complexity index is 646. The fraction of sp³-hybridized carbons (Fsp3) is 0.529. The molecule has 0 spiro atoms. The number of rotatable bonds is 5. The number of halogens is 1. The standard InChI is InChI=1S/C17H22ClN3O/c18-14-7-8-16-20-15(12-21(16)11-14)10-19-17(22)9-6-13-4-2-1-3-5-13/h7-8,11-13H,1-6,9-10H2,(H,19,22). The average Bonchev–Trinajstić information content (AvgIpc) is 2.94. The van der Waals surface area contributed by atoms with Gasteiger partial charge in [-0.2, -0.15) is 0 Å².